The topological polar surface area (TPSA) is 75.2 Å². The van der Waals surface area contributed by atoms with E-state index in [1.807, 2.05) is 13.8 Å². The molecule has 2 aliphatic rings. The van der Waals surface area contributed by atoms with E-state index in [4.69, 9.17) is 0 Å². The Labute approximate surface area is 162 Å². The maximum atomic E-state index is 14.6. The van der Waals surface area contributed by atoms with Crippen molar-refractivity contribution in [1.82, 2.24) is 14.9 Å². The molecule has 0 radical (unpaired) electrons. The molecule has 1 aromatic carbocycles. The van der Waals surface area contributed by atoms with Gasteiger partial charge in [0.05, 0.1) is 12.4 Å². The molecule has 2 heterocycles. The molecular formula is C20H22F2N4O2. The van der Waals surface area contributed by atoms with E-state index in [2.05, 4.69) is 15.3 Å². The van der Waals surface area contributed by atoms with Crippen molar-refractivity contribution in [2.24, 2.45) is 0 Å². The Kier molecular flexibility index (Phi) is 5.40. The molecule has 0 saturated heterocycles. The van der Waals surface area contributed by atoms with Crippen LogP contribution in [-0.4, -0.2) is 39.8 Å². The first kappa shape index (κ1) is 19.9. The monoisotopic (exact) mass is 388 g/mol. The van der Waals surface area contributed by atoms with Crippen LogP contribution in [0, 0.1) is 18.6 Å². The minimum absolute atomic E-state index is 0.0379. The largest absolute Gasteiger partial charge is 0.328 e. The normalized spacial score (nSPS) is 16.2. The number of anilines is 1. The second kappa shape index (κ2) is 7.61. The Morgan fingerprint density at radius 3 is 2.46 bits per heavy atom. The summed E-state index contributed by atoms with van der Waals surface area (Å²) >= 11 is 0. The molecule has 4 rings (SSSR count). The number of fused-ring (bicyclic) bond motifs is 2. The lowest BCUT2D eigenvalue weighted by Crippen LogP contribution is -2.47. The molecule has 1 aliphatic carbocycles. The molecule has 1 N–H and O–H groups in total. The van der Waals surface area contributed by atoms with Crippen molar-refractivity contribution in [2.45, 2.75) is 39.0 Å². The van der Waals surface area contributed by atoms with Gasteiger partial charge in [-0.1, -0.05) is 19.9 Å². The summed E-state index contributed by atoms with van der Waals surface area (Å²) in [6.45, 7) is 5.78. The molecule has 1 fully saturated rings. The predicted octanol–water partition coefficient (Wildman–Crippen LogP) is 3.22. The van der Waals surface area contributed by atoms with Gasteiger partial charge in [-0.3, -0.25) is 14.9 Å². The van der Waals surface area contributed by atoms with Gasteiger partial charge in [-0.2, -0.15) is 0 Å². The number of aromatic nitrogens is 2. The van der Waals surface area contributed by atoms with Crippen LogP contribution < -0.4 is 5.32 Å². The summed E-state index contributed by atoms with van der Waals surface area (Å²) in [6.07, 6.45) is 3.45. The standard InChI is InChI=1S/C18H16F2N4O2.C2H6/c1-10-2-3-12-14(15(10)20)18(4-5-18)9-24(16(12)26)8-13(25)23-17-21-6-11(19)7-22-17;1-2/h2-3,6-7H,4-5,8-9H2,1H3,(H,21,22,23,25);1-2H3. The summed E-state index contributed by atoms with van der Waals surface area (Å²) < 4.78 is 27.4. The average Bonchev–Trinajstić information content (AvgIpc) is 3.45. The first-order chi connectivity index (χ1) is 13.4. The van der Waals surface area contributed by atoms with Gasteiger partial charge < -0.3 is 4.90 Å². The van der Waals surface area contributed by atoms with Gasteiger partial charge in [0.1, 0.15) is 12.4 Å². The van der Waals surface area contributed by atoms with Crippen LogP contribution >= 0.6 is 0 Å². The van der Waals surface area contributed by atoms with Crippen molar-refractivity contribution >= 4 is 17.8 Å². The van der Waals surface area contributed by atoms with Gasteiger partial charge in [-0.25, -0.2) is 18.7 Å². The molecule has 2 amide bonds. The van der Waals surface area contributed by atoms with Gasteiger partial charge in [-0.05, 0) is 31.4 Å². The van der Waals surface area contributed by atoms with Gasteiger partial charge >= 0.3 is 0 Å². The van der Waals surface area contributed by atoms with Crippen molar-refractivity contribution in [1.29, 1.82) is 0 Å². The first-order valence-electron chi connectivity index (χ1n) is 9.26. The predicted molar refractivity (Wildman–Crippen MR) is 99.9 cm³/mol. The quantitative estimate of drug-likeness (QED) is 0.876. The van der Waals surface area contributed by atoms with Crippen LogP contribution in [-0.2, 0) is 10.2 Å². The highest BCUT2D eigenvalue weighted by Gasteiger charge is 2.53. The van der Waals surface area contributed by atoms with E-state index in [1.165, 1.54) is 4.90 Å². The maximum absolute atomic E-state index is 14.6. The van der Waals surface area contributed by atoms with E-state index >= 15 is 0 Å². The molecule has 1 aliphatic heterocycles. The fourth-order valence-corrected chi connectivity index (χ4v) is 3.46. The number of carbonyl (C=O) groups excluding carboxylic acids is 2. The molecule has 0 atom stereocenters. The smallest absolute Gasteiger partial charge is 0.254 e. The van der Waals surface area contributed by atoms with Crippen LogP contribution in [0.3, 0.4) is 0 Å². The summed E-state index contributed by atoms with van der Waals surface area (Å²) in [5.74, 6) is -1.83. The number of aryl methyl sites for hydroxylation is 1. The van der Waals surface area contributed by atoms with Crippen molar-refractivity contribution < 1.29 is 18.4 Å². The lowest BCUT2D eigenvalue weighted by Gasteiger charge is -2.34. The molecule has 1 saturated carbocycles. The Morgan fingerprint density at radius 2 is 1.86 bits per heavy atom. The van der Waals surface area contributed by atoms with E-state index in [-0.39, 0.29) is 24.2 Å². The lowest BCUT2D eigenvalue weighted by molar-refractivity contribution is -0.117. The number of benzene rings is 1. The molecule has 0 unspecified atom stereocenters. The highest BCUT2D eigenvalue weighted by Crippen LogP contribution is 2.53. The number of amides is 2. The molecule has 0 bridgehead atoms. The molecule has 1 aromatic heterocycles. The molecule has 28 heavy (non-hydrogen) atoms. The summed E-state index contributed by atoms with van der Waals surface area (Å²) in [7, 11) is 0. The molecule has 6 nitrogen and oxygen atoms in total. The minimum Gasteiger partial charge on any atom is -0.328 e. The number of nitrogens with zero attached hydrogens (tertiary/aromatic N) is 3. The summed E-state index contributed by atoms with van der Waals surface area (Å²) in [5.41, 5.74) is 0.928. The van der Waals surface area contributed by atoms with Crippen molar-refractivity contribution in [3.8, 4) is 0 Å². The van der Waals surface area contributed by atoms with Gasteiger partial charge in [0.2, 0.25) is 11.9 Å². The van der Waals surface area contributed by atoms with E-state index < -0.39 is 17.1 Å². The van der Waals surface area contributed by atoms with Crippen molar-refractivity contribution in [3.05, 3.63) is 52.9 Å². The SMILES string of the molecule is CC.Cc1ccc2c(c1F)C1(CC1)CN(CC(=O)Nc1ncc(F)cn1)C2=O. The third-order valence-corrected chi connectivity index (χ3v) is 4.94. The number of rotatable bonds is 3. The van der Waals surface area contributed by atoms with Crippen molar-refractivity contribution in [3.63, 3.8) is 0 Å². The molecule has 8 heteroatoms. The van der Waals surface area contributed by atoms with Crippen molar-refractivity contribution in [2.75, 3.05) is 18.4 Å². The van der Waals surface area contributed by atoms with Crippen LogP contribution in [0.5, 0.6) is 0 Å². The number of hydrogen-bond acceptors (Lipinski definition) is 4. The van der Waals surface area contributed by atoms with Gasteiger partial charge in [0, 0.05) is 23.1 Å². The fourth-order valence-electron chi connectivity index (χ4n) is 3.46. The third kappa shape index (κ3) is 3.58. The Hall–Kier alpha value is -2.90. The lowest BCUT2D eigenvalue weighted by atomic mass is 9.85. The first-order valence-corrected chi connectivity index (χ1v) is 9.26. The zero-order valence-corrected chi connectivity index (χ0v) is 16.1. The zero-order chi connectivity index (χ0) is 20.5. The van der Waals surface area contributed by atoms with E-state index in [1.54, 1.807) is 19.1 Å². The molecule has 1 spiro atoms. The van der Waals surface area contributed by atoms with Crippen LogP contribution in [0.1, 0.15) is 48.2 Å². The second-order valence-corrected chi connectivity index (χ2v) is 6.83. The number of carbonyl (C=O) groups is 2. The van der Waals surface area contributed by atoms with Gasteiger partial charge in [0.25, 0.3) is 5.91 Å². The minimum atomic E-state index is -0.612. The number of nitrogens with one attached hydrogen (secondary N) is 1. The Morgan fingerprint density at radius 1 is 1.21 bits per heavy atom. The number of halogens is 2. The summed E-state index contributed by atoms with van der Waals surface area (Å²) in [5, 5.41) is 2.43. The fraction of sp³-hybridized carbons (Fsp3) is 0.400. The van der Waals surface area contributed by atoms with E-state index in [9.17, 15) is 18.4 Å². The molecular weight excluding hydrogens is 366 g/mol. The highest BCUT2D eigenvalue weighted by molar-refractivity contribution is 6.01. The average molecular weight is 388 g/mol. The van der Waals surface area contributed by atoms with Crippen LogP contribution in [0.2, 0.25) is 0 Å². The van der Waals surface area contributed by atoms with Crippen LogP contribution in [0.15, 0.2) is 24.5 Å². The van der Waals surface area contributed by atoms with E-state index in [0.717, 1.165) is 25.2 Å². The Bertz CT molecular complexity index is 911. The molecule has 148 valence electrons. The van der Waals surface area contributed by atoms with Crippen LogP contribution in [0.4, 0.5) is 14.7 Å². The number of hydrogen-bond donors (Lipinski definition) is 1. The van der Waals surface area contributed by atoms with Gasteiger partial charge in [0.15, 0.2) is 5.82 Å². The zero-order valence-electron chi connectivity index (χ0n) is 16.1. The summed E-state index contributed by atoms with van der Waals surface area (Å²) in [6, 6.07) is 3.21. The second-order valence-electron chi connectivity index (χ2n) is 6.83. The van der Waals surface area contributed by atoms with Crippen LogP contribution in [0.25, 0.3) is 0 Å². The maximum Gasteiger partial charge on any atom is 0.254 e. The summed E-state index contributed by atoms with van der Waals surface area (Å²) in [4.78, 5) is 33.7. The third-order valence-electron chi connectivity index (χ3n) is 4.94. The van der Waals surface area contributed by atoms with E-state index in [0.29, 0.717) is 23.2 Å². The Balaban J connectivity index is 0.00000109. The molecule has 2 aromatic rings. The highest BCUT2D eigenvalue weighted by atomic mass is 19.1. The van der Waals surface area contributed by atoms with Gasteiger partial charge in [-0.15, -0.1) is 0 Å².